The van der Waals surface area contributed by atoms with E-state index in [-0.39, 0.29) is 11.9 Å². The second-order valence-electron chi connectivity index (χ2n) is 7.15. The number of aryl methyl sites for hydroxylation is 2. The fourth-order valence-corrected chi connectivity index (χ4v) is 3.47. The monoisotopic (exact) mass is 393 g/mol. The minimum atomic E-state index is -0.205. The van der Waals surface area contributed by atoms with Crippen LogP contribution in [0.25, 0.3) is 5.69 Å². The summed E-state index contributed by atoms with van der Waals surface area (Å²) in [6, 6.07) is 11.6. The van der Waals surface area contributed by atoms with E-state index in [1.54, 1.807) is 25.1 Å². The summed E-state index contributed by atoms with van der Waals surface area (Å²) in [5.41, 5.74) is 5.41. The highest BCUT2D eigenvalue weighted by atomic mass is 16.5. The third-order valence-electron chi connectivity index (χ3n) is 5.09. The van der Waals surface area contributed by atoms with Crippen molar-refractivity contribution in [1.29, 1.82) is 0 Å². The van der Waals surface area contributed by atoms with E-state index in [1.807, 2.05) is 64.1 Å². The Bertz CT molecular complexity index is 1040. The van der Waals surface area contributed by atoms with Crippen LogP contribution >= 0.6 is 0 Å². The molecule has 1 aromatic heterocycles. The van der Waals surface area contributed by atoms with Crippen molar-refractivity contribution in [2.24, 2.45) is 0 Å². The van der Waals surface area contributed by atoms with Crippen molar-refractivity contribution in [2.75, 3.05) is 14.2 Å². The van der Waals surface area contributed by atoms with Gasteiger partial charge in [0.05, 0.1) is 43.4 Å². The molecule has 0 fully saturated rings. The predicted octanol–water partition coefficient (Wildman–Crippen LogP) is 4.31. The highest BCUT2D eigenvalue weighted by molar-refractivity contribution is 5.95. The molecular formula is C23H27N3O3. The fraction of sp³-hybridized carbons (Fsp3) is 0.304. The number of aromatic nitrogens is 2. The Morgan fingerprint density at radius 1 is 1.07 bits per heavy atom. The molecule has 0 saturated carbocycles. The average Bonchev–Trinajstić information content (AvgIpc) is 3.09. The van der Waals surface area contributed by atoms with Crippen molar-refractivity contribution in [2.45, 2.75) is 33.7 Å². The zero-order valence-electron chi connectivity index (χ0n) is 17.7. The number of nitrogens with zero attached hydrogens (tertiary/aromatic N) is 2. The molecule has 2 aromatic carbocycles. The lowest BCUT2D eigenvalue weighted by atomic mass is 10.0. The Balaban J connectivity index is 1.84. The van der Waals surface area contributed by atoms with Gasteiger partial charge in [-0.15, -0.1) is 0 Å². The second kappa shape index (κ2) is 8.39. The number of carbonyl (C=O) groups is 1. The Kier molecular flexibility index (Phi) is 5.92. The first-order valence-electron chi connectivity index (χ1n) is 9.50. The SMILES string of the molecule is COc1cc(C)c(C(C)NC(=O)c2cnn(-c3cccc(C)c3)c2C)cc1OC. The molecule has 29 heavy (non-hydrogen) atoms. The van der Waals surface area contributed by atoms with Gasteiger partial charge in [0.25, 0.3) is 5.91 Å². The Morgan fingerprint density at radius 3 is 2.41 bits per heavy atom. The first-order valence-corrected chi connectivity index (χ1v) is 9.50. The highest BCUT2D eigenvalue weighted by Crippen LogP contribution is 2.33. The lowest BCUT2D eigenvalue weighted by molar-refractivity contribution is 0.0939. The topological polar surface area (TPSA) is 65.4 Å². The molecular weight excluding hydrogens is 366 g/mol. The fourth-order valence-electron chi connectivity index (χ4n) is 3.47. The van der Waals surface area contributed by atoms with Crippen LogP contribution in [-0.4, -0.2) is 29.9 Å². The Labute approximate surface area is 171 Å². The van der Waals surface area contributed by atoms with Crippen LogP contribution in [0.5, 0.6) is 11.5 Å². The number of nitrogens with one attached hydrogen (secondary N) is 1. The summed E-state index contributed by atoms with van der Waals surface area (Å²) in [5.74, 6) is 1.14. The number of carbonyl (C=O) groups excluding carboxylic acids is 1. The van der Waals surface area contributed by atoms with Crippen LogP contribution in [0.2, 0.25) is 0 Å². The molecule has 152 valence electrons. The van der Waals surface area contributed by atoms with Gasteiger partial charge in [0.1, 0.15) is 0 Å². The van der Waals surface area contributed by atoms with Gasteiger partial charge in [-0.25, -0.2) is 4.68 Å². The van der Waals surface area contributed by atoms with Gasteiger partial charge in [-0.3, -0.25) is 4.79 Å². The van der Waals surface area contributed by atoms with Crippen LogP contribution < -0.4 is 14.8 Å². The van der Waals surface area contributed by atoms with E-state index in [1.165, 1.54) is 0 Å². The van der Waals surface area contributed by atoms with Gasteiger partial charge in [0.2, 0.25) is 0 Å². The summed E-state index contributed by atoms with van der Waals surface area (Å²) in [6.45, 7) is 7.87. The van der Waals surface area contributed by atoms with Crippen molar-refractivity contribution >= 4 is 5.91 Å². The van der Waals surface area contributed by atoms with Crippen LogP contribution in [0, 0.1) is 20.8 Å². The Morgan fingerprint density at radius 2 is 1.76 bits per heavy atom. The van der Waals surface area contributed by atoms with Crippen LogP contribution in [-0.2, 0) is 0 Å². The summed E-state index contributed by atoms with van der Waals surface area (Å²) in [4.78, 5) is 12.9. The lowest BCUT2D eigenvalue weighted by Gasteiger charge is -2.19. The number of amides is 1. The van der Waals surface area contributed by atoms with Crippen LogP contribution in [0.1, 0.15) is 45.7 Å². The van der Waals surface area contributed by atoms with Crippen molar-refractivity contribution in [1.82, 2.24) is 15.1 Å². The number of benzene rings is 2. The van der Waals surface area contributed by atoms with Crippen LogP contribution in [0.15, 0.2) is 42.6 Å². The molecule has 1 atom stereocenters. The first-order chi connectivity index (χ1) is 13.8. The predicted molar refractivity (Wildman–Crippen MR) is 113 cm³/mol. The van der Waals surface area contributed by atoms with Gasteiger partial charge >= 0.3 is 0 Å². The zero-order chi connectivity index (χ0) is 21.1. The molecule has 0 aliphatic heterocycles. The van der Waals surface area contributed by atoms with Crippen LogP contribution in [0.4, 0.5) is 0 Å². The van der Waals surface area contributed by atoms with E-state index in [2.05, 4.69) is 10.4 Å². The van der Waals surface area contributed by atoms with E-state index >= 15 is 0 Å². The molecule has 0 aliphatic rings. The average molecular weight is 393 g/mol. The number of hydrogen-bond donors (Lipinski definition) is 1. The standard InChI is InChI=1S/C23H27N3O3/c1-14-8-7-9-18(10-14)26-17(4)20(13-24-26)23(27)25-16(3)19-12-22(29-6)21(28-5)11-15(19)2/h7-13,16H,1-6H3,(H,25,27). The summed E-state index contributed by atoms with van der Waals surface area (Å²) in [7, 11) is 3.21. The lowest BCUT2D eigenvalue weighted by Crippen LogP contribution is -2.27. The van der Waals surface area contributed by atoms with Crippen molar-refractivity contribution in [3.05, 3.63) is 70.5 Å². The third kappa shape index (κ3) is 4.11. The second-order valence-corrected chi connectivity index (χ2v) is 7.15. The smallest absolute Gasteiger partial charge is 0.255 e. The van der Waals surface area contributed by atoms with E-state index in [0.717, 1.165) is 28.1 Å². The first kappa shape index (κ1) is 20.5. The summed E-state index contributed by atoms with van der Waals surface area (Å²) in [5, 5.41) is 7.49. The minimum absolute atomic E-state index is 0.164. The number of ether oxygens (including phenoxy) is 2. The summed E-state index contributed by atoms with van der Waals surface area (Å²) in [6.07, 6.45) is 1.61. The molecule has 3 rings (SSSR count). The molecule has 1 heterocycles. The van der Waals surface area contributed by atoms with Gasteiger partial charge in [-0.2, -0.15) is 5.10 Å². The number of hydrogen-bond acceptors (Lipinski definition) is 4. The minimum Gasteiger partial charge on any atom is -0.493 e. The van der Waals surface area contributed by atoms with Crippen molar-refractivity contribution in [3.63, 3.8) is 0 Å². The summed E-state index contributed by atoms with van der Waals surface area (Å²) >= 11 is 0. The van der Waals surface area contributed by atoms with E-state index in [9.17, 15) is 4.79 Å². The molecule has 3 aromatic rings. The molecule has 1 N–H and O–H groups in total. The molecule has 0 bridgehead atoms. The maximum atomic E-state index is 12.9. The largest absolute Gasteiger partial charge is 0.493 e. The maximum absolute atomic E-state index is 12.9. The van der Waals surface area contributed by atoms with Gasteiger partial charge in [-0.05, 0) is 68.7 Å². The van der Waals surface area contributed by atoms with Gasteiger partial charge in [0, 0.05) is 0 Å². The zero-order valence-corrected chi connectivity index (χ0v) is 17.7. The Hall–Kier alpha value is -3.28. The van der Waals surface area contributed by atoms with Crippen molar-refractivity contribution < 1.29 is 14.3 Å². The van der Waals surface area contributed by atoms with E-state index in [4.69, 9.17) is 9.47 Å². The molecule has 6 heteroatoms. The highest BCUT2D eigenvalue weighted by Gasteiger charge is 2.20. The molecule has 6 nitrogen and oxygen atoms in total. The van der Waals surface area contributed by atoms with Gasteiger partial charge in [-0.1, -0.05) is 12.1 Å². The molecule has 0 saturated heterocycles. The van der Waals surface area contributed by atoms with Gasteiger partial charge < -0.3 is 14.8 Å². The normalized spacial score (nSPS) is 11.8. The third-order valence-corrected chi connectivity index (χ3v) is 5.09. The molecule has 1 amide bonds. The molecule has 0 spiro atoms. The summed E-state index contributed by atoms with van der Waals surface area (Å²) < 4.78 is 12.5. The van der Waals surface area contributed by atoms with E-state index in [0.29, 0.717) is 17.1 Å². The molecule has 0 aliphatic carbocycles. The molecule has 1 unspecified atom stereocenters. The van der Waals surface area contributed by atoms with Crippen molar-refractivity contribution in [3.8, 4) is 17.2 Å². The number of rotatable bonds is 6. The van der Waals surface area contributed by atoms with E-state index < -0.39 is 0 Å². The van der Waals surface area contributed by atoms with Crippen LogP contribution in [0.3, 0.4) is 0 Å². The quantitative estimate of drug-likeness (QED) is 0.678. The maximum Gasteiger partial charge on any atom is 0.255 e. The van der Waals surface area contributed by atoms with Gasteiger partial charge in [0.15, 0.2) is 11.5 Å². The molecule has 0 radical (unpaired) electrons. The number of methoxy groups -OCH3 is 2.